The van der Waals surface area contributed by atoms with Gasteiger partial charge in [0.2, 0.25) is 0 Å². The van der Waals surface area contributed by atoms with Crippen LogP contribution in [0.1, 0.15) is 19.4 Å². The molecule has 0 heterocycles. The van der Waals surface area contributed by atoms with E-state index in [0.717, 1.165) is 16.7 Å². The van der Waals surface area contributed by atoms with Crippen molar-refractivity contribution in [3.05, 3.63) is 70.7 Å². The fourth-order valence-electron chi connectivity index (χ4n) is 3.29. The summed E-state index contributed by atoms with van der Waals surface area (Å²) in [6, 6.07) is 18.2. The van der Waals surface area contributed by atoms with Crippen LogP contribution in [-0.2, 0) is 16.1 Å². The Hall–Kier alpha value is -1.77. The number of esters is 1. The highest BCUT2D eigenvalue weighted by molar-refractivity contribution is 6.55. The fourth-order valence-corrected chi connectivity index (χ4v) is 3.56. The van der Waals surface area contributed by atoms with Crippen molar-refractivity contribution in [3.8, 4) is 11.1 Å². The minimum absolute atomic E-state index is 0.0284. The number of rotatable bonds is 5. The SMILES string of the molecule is CC1(C)[C@H](C(=O)OCc2cccc(-c3ccccc3)c2)[C@@H]1C=C(Cl)Cl. The molecule has 1 saturated carbocycles. The molecule has 25 heavy (non-hydrogen) atoms. The van der Waals surface area contributed by atoms with Crippen LogP contribution in [0.4, 0.5) is 0 Å². The minimum atomic E-state index is -0.203. The zero-order chi connectivity index (χ0) is 18.0. The molecule has 130 valence electrons. The number of halogens is 2. The first kappa shape index (κ1) is 18.0. The van der Waals surface area contributed by atoms with Gasteiger partial charge >= 0.3 is 5.97 Å². The molecule has 0 bridgehead atoms. The molecule has 2 nitrogen and oxygen atoms in total. The van der Waals surface area contributed by atoms with E-state index in [4.69, 9.17) is 27.9 Å². The van der Waals surface area contributed by atoms with E-state index >= 15 is 0 Å². The van der Waals surface area contributed by atoms with E-state index in [9.17, 15) is 4.79 Å². The van der Waals surface area contributed by atoms with Crippen LogP contribution >= 0.6 is 23.2 Å². The number of hydrogen-bond acceptors (Lipinski definition) is 2. The van der Waals surface area contributed by atoms with Gasteiger partial charge in [0.1, 0.15) is 11.1 Å². The molecular weight excluding hydrogens is 355 g/mol. The fraction of sp³-hybridized carbons (Fsp3) is 0.286. The summed E-state index contributed by atoms with van der Waals surface area (Å²) in [5.41, 5.74) is 3.05. The van der Waals surface area contributed by atoms with E-state index in [0.29, 0.717) is 0 Å². The second kappa shape index (κ2) is 7.23. The van der Waals surface area contributed by atoms with Crippen molar-refractivity contribution in [2.45, 2.75) is 20.5 Å². The first-order valence-electron chi connectivity index (χ1n) is 8.23. The standard InChI is InChI=1S/C21H20Cl2O2/c1-21(2)17(12-18(22)23)19(21)20(24)25-13-14-7-6-10-16(11-14)15-8-4-3-5-9-15/h3-12,17,19H,13H2,1-2H3/t17-,19-/m0/s1. The Morgan fingerprint density at radius 1 is 1.08 bits per heavy atom. The maximum Gasteiger partial charge on any atom is 0.310 e. The second-order valence-corrected chi connectivity index (χ2v) is 7.96. The third-order valence-corrected chi connectivity index (χ3v) is 5.14. The van der Waals surface area contributed by atoms with Crippen molar-refractivity contribution in [2.24, 2.45) is 17.3 Å². The monoisotopic (exact) mass is 374 g/mol. The Labute approximate surface area is 158 Å². The van der Waals surface area contributed by atoms with Crippen LogP contribution in [0.2, 0.25) is 0 Å². The molecule has 0 spiro atoms. The normalized spacial score (nSPS) is 20.6. The molecule has 0 aromatic heterocycles. The third kappa shape index (κ3) is 4.08. The highest BCUT2D eigenvalue weighted by Gasteiger charge is 2.61. The maximum atomic E-state index is 12.4. The molecule has 0 N–H and O–H groups in total. The van der Waals surface area contributed by atoms with E-state index in [1.165, 1.54) is 0 Å². The summed E-state index contributed by atoms with van der Waals surface area (Å²) < 4.78 is 5.73. The lowest BCUT2D eigenvalue weighted by atomic mass is 10.0. The van der Waals surface area contributed by atoms with Crippen molar-refractivity contribution in [1.29, 1.82) is 0 Å². The van der Waals surface area contributed by atoms with E-state index in [2.05, 4.69) is 12.1 Å². The summed E-state index contributed by atoms with van der Waals surface area (Å²) in [7, 11) is 0. The zero-order valence-corrected chi connectivity index (χ0v) is 15.7. The van der Waals surface area contributed by atoms with E-state index in [1.54, 1.807) is 6.08 Å². The number of hydrogen-bond donors (Lipinski definition) is 0. The van der Waals surface area contributed by atoms with Crippen molar-refractivity contribution in [2.75, 3.05) is 0 Å². The van der Waals surface area contributed by atoms with Gasteiger partial charge < -0.3 is 4.74 Å². The molecule has 1 aliphatic carbocycles. The highest BCUT2D eigenvalue weighted by atomic mass is 35.5. The van der Waals surface area contributed by atoms with Gasteiger partial charge in [0.25, 0.3) is 0 Å². The Bertz CT molecular complexity index is 793. The topological polar surface area (TPSA) is 26.3 Å². The Morgan fingerprint density at radius 3 is 2.44 bits per heavy atom. The summed E-state index contributed by atoms with van der Waals surface area (Å²) in [4.78, 5) is 12.4. The number of benzene rings is 2. The van der Waals surface area contributed by atoms with Crippen LogP contribution in [-0.4, -0.2) is 5.97 Å². The van der Waals surface area contributed by atoms with Crippen molar-refractivity contribution in [1.82, 2.24) is 0 Å². The number of carbonyl (C=O) groups excluding carboxylic acids is 1. The molecule has 0 saturated heterocycles. The van der Waals surface area contributed by atoms with Crippen LogP contribution < -0.4 is 0 Å². The lowest BCUT2D eigenvalue weighted by Gasteiger charge is -2.08. The van der Waals surface area contributed by atoms with Gasteiger partial charge in [-0.25, -0.2) is 0 Å². The predicted octanol–water partition coefficient (Wildman–Crippen LogP) is 5.99. The van der Waals surface area contributed by atoms with Crippen molar-refractivity contribution >= 4 is 29.2 Å². The Kier molecular flexibility index (Phi) is 5.21. The van der Waals surface area contributed by atoms with Crippen LogP contribution in [0, 0.1) is 17.3 Å². The van der Waals surface area contributed by atoms with Gasteiger partial charge in [-0.3, -0.25) is 4.79 Å². The first-order valence-corrected chi connectivity index (χ1v) is 8.99. The molecule has 1 fully saturated rings. The van der Waals surface area contributed by atoms with Gasteiger partial charge in [-0.1, -0.05) is 85.6 Å². The largest absolute Gasteiger partial charge is 0.461 e. The molecule has 0 aliphatic heterocycles. The minimum Gasteiger partial charge on any atom is -0.461 e. The molecule has 2 aromatic carbocycles. The molecule has 3 rings (SSSR count). The Balaban J connectivity index is 1.65. The Morgan fingerprint density at radius 2 is 1.76 bits per heavy atom. The van der Waals surface area contributed by atoms with Crippen LogP contribution in [0.5, 0.6) is 0 Å². The molecule has 0 amide bonds. The van der Waals surface area contributed by atoms with E-state index in [-0.39, 0.29) is 34.3 Å². The van der Waals surface area contributed by atoms with Crippen molar-refractivity contribution in [3.63, 3.8) is 0 Å². The zero-order valence-electron chi connectivity index (χ0n) is 14.2. The van der Waals surface area contributed by atoms with Crippen LogP contribution in [0.15, 0.2) is 65.2 Å². The predicted molar refractivity (Wildman–Crippen MR) is 102 cm³/mol. The van der Waals surface area contributed by atoms with Gasteiger partial charge in [-0.05, 0) is 40.2 Å². The van der Waals surface area contributed by atoms with E-state index < -0.39 is 0 Å². The van der Waals surface area contributed by atoms with Crippen LogP contribution in [0.3, 0.4) is 0 Å². The molecule has 1 aliphatic rings. The highest BCUT2D eigenvalue weighted by Crippen LogP contribution is 2.60. The first-order chi connectivity index (χ1) is 11.9. The molecule has 2 atom stereocenters. The molecule has 0 radical (unpaired) electrons. The smallest absolute Gasteiger partial charge is 0.310 e. The van der Waals surface area contributed by atoms with Gasteiger partial charge in [-0.2, -0.15) is 0 Å². The molecular formula is C21H20Cl2O2. The second-order valence-electron chi connectivity index (χ2n) is 6.96. The third-order valence-electron chi connectivity index (χ3n) is 4.89. The quantitative estimate of drug-likeness (QED) is 0.600. The van der Waals surface area contributed by atoms with Gasteiger partial charge in [0, 0.05) is 0 Å². The summed E-state index contributed by atoms with van der Waals surface area (Å²) in [5, 5.41) is 0. The summed E-state index contributed by atoms with van der Waals surface area (Å²) in [5.74, 6) is -0.371. The number of ether oxygens (including phenoxy) is 1. The average molecular weight is 375 g/mol. The summed E-state index contributed by atoms with van der Waals surface area (Å²) in [6.45, 7) is 4.30. The van der Waals surface area contributed by atoms with E-state index in [1.807, 2.05) is 56.3 Å². The summed E-state index contributed by atoms with van der Waals surface area (Å²) in [6.07, 6.45) is 1.73. The molecule has 2 aromatic rings. The number of carbonyl (C=O) groups is 1. The summed E-state index contributed by atoms with van der Waals surface area (Å²) >= 11 is 11.5. The van der Waals surface area contributed by atoms with Gasteiger partial charge in [0.15, 0.2) is 0 Å². The lowest BCUT2D eigenvalue weighted by Crippen LogP contribution is -2.10. The lowest BCUT2D eigenvalue weighted by molar-refractivity contribution is -0.147. The van der Waals surface area contributed by atoms with Crippen molar-refractivity contribution < 1.29 is 9.53 Å². The average Bonchev–Trinajstić information content (AvgIpc) is 3.13. The molecule has 0 unspecified atom stereocenters. The number of allylic oxidation sites excluding steroid dienone is 1. The molecule has 4 heteroatoms. The van der Waals surface area contributed by atoms with Crippen LogP contribution in [0.25, 0.3) is 11.1 Å². The maximum absolute atomic E-state index is 12.4. The van der Waals surface area contributed by atoms with Gasteiger partial charge in [-0.15, -0.1) is 0 Å². The van der Waals surface area contributed by atoms with Gasteiger partial charge in [0.05, 0.1) is 5.92 Å².